The SMILES string of the molecule is Cc1ccc(-n2c(SCC(=O)N[C@@H](C)c3ccco3)nnc2-c2ccccc2)cc1. The maximum Gasteiger partial charge on any atom is 0.231 e. The zero-order chi connectivity index (χ0) is 20.9. The number of thioether (sulfide) groups is 1. The summed E-state index contributed by atoms with van der Waals surface area (Å²) in [4.78, 5) is 12.5. The van der Waals surface area contributed by atoms with Crippen LogP contribution in [0.3, 0.4) is 0 Å². The molecule has 6 nitrogen and oxygen atoms in total. The number of nitrogens with zero attached hydrogens (tertiary/aromatic N) is 3. The molecule has 1 atom stereocenters. The first-order valence-electron chi connectivity index (χ1n) is 9.65. The number of rotatable bonds is 7. The highest BCUT2D eigenvalue weighted by Gasteiger charge is 2.18. The van der Waals surface area contributed by atoms with Gasteiger partial charge in [0.25, 0.3) is 0 Å². The predicted molar refractivity (Wildman–Crippen MR) is 118 cm³/mol. The molecule has 4 rings (SSSR count). The van der Waals surface area contributed by atoms with Gasteiger partial charge in [-0.2, -0.15) is 0 Å². The molecule has 0 bridgehead atoms. The summed E-state index contributed by atoms with van der Waals surface area (Å²) in [6.45, 7) is 3.94. The van der Waals surface area contributed by atoms with E-state index in [2.05, 4.69) is 27.6 Å². The molecule has 0 aliphatic carbocycles. The van der Waals surface area contributed by atoms with Crippen molar-refractivity contribution in [3.63, 3.8) is 0 Å². The van der Waals surface area contributed by atoms with E-state index in [1.807, 2.05) is 73.0 Å². The number of amides is 1. The Kier molecular flexibility index (Phi) is 5.99. The third-order valence-electron chi connectivity index (χ3n) is 4.64. The van der Waals surface area contributed by atoms with Crippen molar-refractivity contribution in [1.82, 2.24) is 20.1 Å². The van der Waals surface area contributed by atoms with Crippen molar-refractivity contribution in [2.45, 2.75) is 25.0 Å². The lowest BCUT2D eigenvalue weighted by Crippen LogP contribution is -2.28. The molecule has 152 valence electrons. The zero-order valence-electron chi connectivity index (χ0n) is 16.8. The largest absolute Gasteiger partial charge is 0.467 e. The number of benzene rings is 2. The summed E-state index contributed by atoms with van der Waals surface area (Å²) in [5.41, 5.74) is 3.10. The quantitative estimate of drug-likeness (QED) is 0.436. The van der Waals surface area contributed by atoms with E-state index < -0.39 is 0 Å². The van der Waals surface area contributed by atoms with Gasteiger partial charge in [-0.1, -0.05) is 59.8 Å². The van der Waals surface area contributed by atoms with Gasteiger partial charge >= 0.3 is 0 Å². The van der Waals surface area contributed by atoms with Crippen LogP contribution in [0.4, 0.5) is 0 Å². The molecule has 0 unspecified atom stereocenters. The van der Waals surface area contributed by atoms with Crippen LogP contribution in [0.5, 0.6) is 0 Å². The van der Waals surface area contributed by atoms with E-state index in [0.717, 1.165) is 22.8 Å². The van der Waals surface area contributed by atoms with Gasteiger partial charge in [0.05, 0.1) is 18.1 Å². The molecule has 30 heavy (non-hydrogen) atoms. The summed E-state index contributed by atoms with van der Waals surface area (Å²) in [5.74, 6) is 1.60. The van der Waals surface area contributed by atoms with E-state index in [1.165, 1.54) is 17.3 Å². The van der Waals surface area contributed by atoms with Crippen LogP contribution in [0.15, 0.2) is 82.6 Å². The Morgan fingerprint density at radius 2 is 1.83 bits per heavy atom. The van der Waals surface area contributed by atoms with Gasteiger partial charge in [-0.25, -0.2) is 0 Å². The molecule has 1 amide bonds. The van der Waals surface area contributed by atoms with Crippen LogP contribution in [0, 0.1) is 6.92 Å². The van der Waals surface area contributed by atoms with Crippen molar-refractivity contribution in [3.8, 4) is 17.1 Å². The Hall–Kier alpha value is -3.32. The van der Waals surface area contributed by atoms with Crippen molar-refractivity contribution in [1.29, 1.82) is 0 Å². The molecule has 4 aromatic rings. The van der Waals surface area contributed by atoms with Gasteiger partial charge in [-0.3, -0.25) is 9.36 Å². The second-order valence-corrected chi connectivity index (χ2v) is 7.88. The first kappa shape index (κ1) is 20.0. The summed E-state index contributed by atoms with van der Waals surface area (Å²) >= 11 is 1.36. The average molecular weight is 419 g/mol. The van der Waals surface area contributed by atoms with E-state index in [1.54, 1.807) is 6.26 Å². The number of carbonyl (C=O) groups excluding carboxylic acids is 1. The average Bonchev–Trinajstić information content (AvgIpc) is 3.44. The minimum atomic E-state index is -0.192. The van der Waals surface area contributed by atoms with Gasteiger partial charge in [-0.05, 0) is 38.1 Å². The number of furan rings is 1. The maximum atomic E-state index is 12.5. The topological polar surface area (TPSA) is 73.0 Å². The van der Waals surface area contributed by atoms with Gasteiger partial charge in [0.1, 0.15) is 5.76 Å². The fourth-order valence-electron chi connectivity index (χ4n) is 3.09. The molecule has 2 heterocycles. The molecule has 1 N–H and O–H groups in total. The van der Waals surface area contributed by atoms with E-state index >= 15 is 0 Å². The summed E-state index contributed by atoms with van der Waals surface area (Å²) < 4.78 is 7.34. The number of hydrogen-bond donors (Lipinski definition) is 1. The lowest BCUT2D eigenvalue weighted by molar-refractivity contribution is -0.119. The first-order valence-corrected chi connectivity index (χ1v) is 10.6. The molecular weight excluding hydrogens is 396 g/mol. The molecule has 0 spiro atoms. The fraction of sp³-hybridized carbons (Fsp3) is 0.174. The lowest BCUT2D eigenvalue weighted by atomic mass is 10.2. The van der Waals surface area contributed by atoms with Crippen LogP contribution >= 0.6 is 11.8 Å². The van der Waals surface area contributed by atoms with Crippen LogP contribution in [0.2, 0.25) is 0 Å². The maximum absolute atomic E-state index is 12.5. The Morgan fingerprint density at radius 3 is 2.53 bits per heavy atom. The van der Waals surface area contributed by atoms with Crippen molar-refractivity contribution in [2.75, 3.05) is 5.75 Å². The Labute approximate surface area is 179 Å². The standard InChI is InChI=1S/C23H22N4O2S/c1-16-10-12-19(13-11-16)27-22(18-7-4-3-5-8-18)25-26-23(27)30-15-21(28)24-17(2)20-9-6-14-29-20/h3-14,17H,15H2,1-2H3,(H,24,28)/t17-/m0/s1. The molecule has 0 radical (unpaired) electrons. The highest BCUT2D eigenvalue weighted by molar-refractivity contribution is 7.99. The van der Waals surface area contributed by atoms with Crippen LogP contribution < -0.4 is 5.32 Å². The van der Waals surface area contributed by atoms with E-state index in [-0.39, 0.29) is 17.7 Å². The smallest absolute Gasteiger partial charge is 0.231 e. The Morgan fingerprint density at radius 1 is 1.07 bits per heavy atom. The summed E-state index contributed by atoms with van der Waals surface area (Å²) in [5, 5.41) is 12.4. The predicted octanol–water partition coefficient (Wildman–Crippen LogP) is 4.81. The molecule has 2 aromatic heterocycles. The number of hydrogen-bond acceptors (Lipinski definition) is 5. The fourth-order valence-corrected chi connectivity index (χ4v) is 3.85. The van der Waals surface area contributed by atoms with Crippen LogP contribution in [0.1, 0.15) is 24.3 Å². The third-order valence-corrected chi connectivity index (χ3v) is 5.57. The van der Waals surface area contributed by atoms with Crippen molar-refractivity contribution < 1.29 is 9.21 Å². The van der Waals surface area contributed by atoms with Gasteiger partial charge in [0.2, 0.25) is 5.91 Å². The molecule has 0 fully saturated rings. The molecule has 0 aliphatic rings. The van der Waals surface area contributed by atoms with Gasteiger partial charge < -0.3 is 9.73 Å². The first-order chi connectivity index (χ1) is 14.6. The van der Waals surface area contributed by atoms with Gasteiger partial charge in [0.15, 0.2) is 11.0 Å². The number of carbonyl (C=O) groups is 1. The zero-order valence-corrected chi connectivity index (χ0v) is 17.6. The van der Waals surface area contributed by atoms with Gasteiger partial charge in [-0.15, -0.1) is 10.2 Å². The van der Waals surface area contributed by atoms with E-state index in [0.29, 0.717) is 5.16 Å². The molecular formula is C23H22N4O2S. The molecule has 0 saturated carbocycles. The minimum Gasteiger partial charge on any atom is -0.467 e. The molecule has 0 aliphatic heterocycles. The number of aryl methyl sites for hydroxylation is 1. The van der Waals surface area contributed by atoms with Crippen LogP contribution in [0.25, 0.3) is 17.1 Å². The summed E-state index contributed by atoms with van der Waals surface area (Å²) in [6.07, 6.45) is 1.60. The molecule has 7 heteroatoms. The summed E-state index contributed by atoms with van der Waals surface area (Å²) in [7, 11) is 0. The lowest BCUT2D eigenvalue weighted by Gasteiger charge is -2.12. The van der Waals surface area contributed by atoms with Crippen LogP contribution in [-0.4, -0.2) is 26.4 Å². The number of nitrogens with one attached hydrogen (secondary N) is 1. The second-order valence-electron chi connectivity index (χ2n) is 6.94. The third kappa shape index (κ3) is 4.46. The number of aromatic nitrogens is 3. The van der Waals surface area contributed by atoms with Crippen molar-refractivity contribution >= 4 is 17.7 Å². The van der Waals surface area contributed by atoms with Crippen molar-refractivity contribution in [2.24, 2.45) is 0 Å². The Balaban J connectivity index is 1.56. The molecule has 2 aromatic carbocycles. The van der Waals surface area contributed by atoms with Crippen molar-refractivity contribution in [3.05, 3.63) is 84.3 Å². The van der Waals surface area contributed by atoms with E-state index in [9.17, 15) is 4.79 Å². The monoisotopic (exact) mass is 418 g/mol. The highest BCUT2D eigenvalue weighted by atomic mass is 32.2. The summed E-state index contributed by atoms with van der Waals surface area (Å²) in [6, 6.07) is 21.6. The minimum absolute atomic E-state index is 0.0939. The Bertz CT molecular complexity index is 1110. The van der Waals surface area contributed by atoms with Crippen LogP contribution in [-0.2, 0) is 4.79 Å². The molecule has 0 saturated heterocycles. The normalized spacial score (nSPS) is 11.9. The second kappa shape index (κ2) is 9.00. The van der Waals surface area contributed by atoms with E-state index in [4.69, 9.17) is 4.42 Å². The van der Waals surface area contributed by atoms with Gasteiger partial charge in [0, 0.05) is 11.3 Å². The highest BCUT2D eigenvalue weighted by Crippen LogP contribution is 2.28.